The maximum Gasteiger partial charge on any atom is 0.284 e. The van der Waals surface area contributed by atoms with E-state index in [0.717, 1.165) is 16.0 Å². The van der Waals surface area contributed by atoms with E-state index < -0.39 is 15.9 Å². The van der Waals surface area contributed by atoms with Crippen molar-refractivity contribution in [3.05, 3.63) is 35.7 Å². The molecule has 0 atom stereocenters. The van der Waals surface area contributed by atoms with E-state index in [1.54, 1.807) is 0 Å². The third kappa shape index (κ3) is 2.83. The predicted molar refractivity (Wildman–Crippen MR) is 95.6 cm³/mol. The number of nitrogens with zero attached hydrogens (tertiary/aromatic N) is 4. The van der Waals surface area contributed by atoms with Crippen LogP contribution in [0.3, 0.4) is 0 Å². The van der Waals surface area contributed by atoms with E-state index in [4.69, 9.17) is 10.2 Å². The molecule has 1 saturated heterocycles. The third-order valence-corrected chi connectivity index (χ3v) is 6.79. The molecular formula is C15H15N5O4S2. The van der Waals surface area contributed by atoms with Crippen molar-refractivity contribution in [2.24, 2.45) is 5.73 Å². The van der Waals surface area contributed by atoms with Crippen molar-refractivity contribution in [3.8, 4) is 0 Å². The molecular weight excluding hydrogens is 378 g/mol. The number of furan rings is 1. The number of piperazine rings is 1. The second kappa shape index (κ2) is 6.34. The molecule has 0 bridgehead atoms. The van der Waals surface area contributed by atoms with Gasteiger partial charge in [0.1, 0.15) is 17.0 Å². The van der Waals surface area contributed by atoms with Crippen molar-refractivity contribution in [1.29, 1.82) is 0 Å². The number of aromatic nitrogens is 2. The summed E-state index contributed by atoms with van der Waals surface area (Å²) in [4.78, 5) is 22.6. The van der Waals surface area contributed by atoms with Crippen molar-refractivity contribution >= 4 is 43.3 Å². The van der Waals surface area contributed by atoms with E-state index in [1.807, 2.05) is 16.3 Å². The Hall–Kier alpha value is -2.50. The van der Waals surface area contributed by atoms with Gasteiger partial charge < -0.3 is 15.1 Å². The molecule has 0 aromatic carbocycles. The normalized spacial score (nSPS) is 16.2. The van der Waals surface area contributed by atoms with Crippen molar-refractivity contribution in [1.82, 2.24) is 14.3 Å². The lowest BCUT2D eigenvalue weighted by molar-refractivity contribution is 0.0968. The molecule has 9 nitrogen and oxygen atoms in total. The number of fused-ring (bicyclic) bond motifs is 1. The van der Waals surface area contributed by atoms with Crippen LogP contribution in [0.1, 0.15) is 10.6 Å². The van der Waals surface area contributed by atoms with Crippen LogP contribution in [0.4, 0.5) is 5.82 Å². The Balaban J connectivity index is 1.52. The third-order valence-electron chi connectivity index (χ3n) is 4.20. The van der Waals surface area contributed by atoms with Gasteiger partial charge in [-0.1, -0.05) is 0 Å². The highest BCUT2D eigenvalue weighted by Crippen LogP contribution is 2.28. The average molecular weight is 393 g/mol. The molecule has 1 aliphatic rings. The van der Waals surface area contributed by atoms with Gasteiger partial charge in [-0.15, -0.1) is 11.3 Å². The lowest BCUT2D eigenvalue weighted by Gasteiger charge is -2.34. The molecule has 1 aliphatic heterocycles. The van der Waals surface area contributed by atoms with Crippen LogP contribution in [0.2, 0.25) is 0 Å². The number of nitrogens with two attached hydrogens (primary N) is 1. The highest BCUT2D eigenvalue weighted by Gasteiger charge is 2.32. The fraction of sp³-hybridized carbons (Fsp3) is 0.267. The molecule has 3 aromatic heterocycles. The number of primary amides is 1. The van der Waals surface area contributed by atoms with Crippen molar-refractivity contribution in [2.75, 3.05) is 31.1 Å². The molecule has 3 aromatic rings. The maximum absolute atomic E-state index is 12.7. The van der Waals surface area contributed by atoms with Crippen LogP contribution in [0, 0.1) is 0 Å². The minimum atomic E-state index is -3.81. The van der Waals surface area contributed by atoms with Gasteiger partial charge in [-0.3, -0.25) is 4.79 Å². The standard InChI is InChI=1S/C15H15N5O4S2/c16-13(21)11-1-2-12(24-11)26(22,23)20-6-4-19(5-7-20)14-10-3-8-25-15(10)18-9-17-14/h1-3,8-9H,4-7H2,(H2,16,21). The zero-order valence-electron chi connectivity index (χ0n) is 13.5. The minimum absolute atomic E-state index is 0.178. The van der Waals surface area contributed by atoms with E-state index in [2.05, 4.69) is 9.97 Å². The summed E-state index contributed by atoms with van der Waals surface area (Å²) >= 11 is 1.54. The fourth-order valence-electron chi connectivity index (χ4n) is 2.89. The Labute approximate surface area is 153 Å². The van der Waals surface area contributed by atoms with Crippen molar-refractivity contribution < 1.29 is 17.6 Å². The van der Waals surface area contributed by atoms with Gasteiger partial charge in [0.05, 0.1) is 5.39 Å². The summed E-state index contributed by atoms with van der Waals surface area (Å²) in [6.45, 7) is 1.55. The molecule has 136 valence electrons. The van der Waals surface area contributed by atoms with E-state index in [1.165, 1.54) is 34.1 Å². The predicted octanol–water partition coefficient (Wildman–Crippen LogP) is 0.894. The monoisotopic (exact) mass is 393 g/mol. The first kappa shape index (κ1) is 16.9. The van der Waals surface area contributed by atoms with Crippen LogP contribution in [-0.2, 0) is 10.0 Å². The van der Waals surface area contributed by atoms with Crippen LogP contribution in [0.25, 0.3) is 10.2 Å². The number of sulfonamides is 1. The number of rotatable bonds is 4. The van der Waals surface area contributed by atoms with Crippen LogP contribution in [0.15, 0.2) is 39.4 Å². The van der Waals surface area contributed by atoms with Gasteiger partial charge in [-0.2, -0.15) is 4.31 Å². The zero-order chi connectivity index (χ0) is 18.3. The zero-order valence-corrected chi connectivity index (χ0v) is 15.2. The van der Waals surface area contributed by atoms with Crippen LogP contribution < -0.4 is 10.6 Å². The first-order chi connectivity index (χ1) is 12.5. The molecule has 1 fully saturated rings. The van der Waals surface area contributed by atoms with Crippen LogP contribution in [0.5, 0.6) is 0 Å². The number of amides is 1. The molecule has 4 heterocycles. The lowest BCUT2D eigenvalue weighted by atomic mass is 10.3. The van der Waals surface area contributed by atoms with E-state index in [0.29, 0.717) is 13.1 Å². The summed E-state index contributed by atoms with van der Waals surface area (Å²) in [5.74, 6) is -0.176. The number of hydrogen-bond acceptors (Lipinski definition) is 8. The molecule has 0 spiro atoms. The van der Waals surface area contributed by atoms with E-state index in [9.17, 15) is 13.2 Å². The second-order valence-electron chi connectivity index (χ2n) is 5.71. The quantitative estimate of drug-likeness (QED) is 0.698. The molecule has 0 radical (unpaired) electrons. The highest BCUT2D eigenvalue weighted by atomic mass is 32.2. The number of carbonyl (C=O) groups is 1. The smallest absolute Gasteiger partial charge is 0.284 e. The average Bonchev–Trinajstić information content (AvgIpc) is 3.31. The maximum atomic E-state index is 12.7. The van der Waals surface area contributed by atoms with Gasteiger partial charge >= 0.3 is 0 Å². The van der Waals surface area contributed by atoms with Gasteiger partial charge in [0.25, 0.3) is 15.9 Å². The summed E-state index contributed by atoms with van der Waals surface area (Å²) in [6.07, 6.45) is 1.52. The second-order valence-corrected chi connectivity index (χ2v) is 8.47. The fourth-order valence-corrected chi connectivity index (χ4v) is 4.95. The van der Waals surface area contributed by atoms with Gasteiger partial charge in [0, 0.05) is 26.2 Å². The van der Waals surface area contributed by atoms with Gasteiger partial charge in [-0.25, -0.2) is 18.4 Å². The SMILES string of the molecule is NC(=O)c1ccc(S(=O)(=O)N2CCN(c3ncnc4sccc34)CC2)o1. The highest BCUT2D eigenvalue weighted by molar-refractivity contribution is 7.89. The molecule has 11 heteroatoms. The van der Waals surface area contributed by atoms with Gasteiger partial charge in [-0.05, 0) is 23.6 Å². The van der Waals surface area contributed by atoms with Crippen LogP contribution in [-0.4, -0.2) is 54.8 Å². The Bertz CT molecular complexity index is 1070. The van der Waals surface area contributed by atoms with Crippen LogP contribution >= 0.6 is 11.3 Å². The molecule has 1 amide bonds. The molecule has 26 heavy (non-hydrogen) atoms. The van der Waals surface area contributed by atoms with Gasteiger partial charge in [0.2, 0.25) is 5.09 Å². The summed E-state index contributed by atoms with van der Waals surface area (Å²) in [5.41, 5.74) is 5.11. The molecule has 0 unspecified atom stereocenters. The summed E-state index contributed by atoms with van der Waals surface area (Å²) in [7, 11) is -3.81. The number of carbonyl (C=O) groups excluding carboxylic acids is 1. The van der Waals surface area contributed by atoms with E-state index >= 15 is 0 Å². The molecule has 0 aliphatic carbocycles. The van der Waals surface area contributed by atoms with E-state index in [-0.39, 0.29) is 23.9 Å². The minimum Gasteiger partial charge on any atom is -0.438 e. The van der Waals surface area contributed by atoms with Gasteiger partial charge in [0.15, 0.2) is 5.76 Å². The molecule has 4 rings (SSSR count). The summed E-state index contributed by atoms with van der Waals surface area (Å²) < 4.78 is 31.8. The number of thiophene rings is 1. The Morgan fingerprint density at radius 1 is 1.15 bits per heavy atom. The Morgan fingerprint density at radius 2 is 1.92 bits per heavy atom. The molecule has 2 N–H and O–H groups in total. The first-order valence-corrected chi connectivity index (χ1v) is 10.1. The van der Waals surface area contributed by atoms with Crippen molar-refractivity contribution in [2.45, 2.75) is 5.09 Å². The topological polar surface area (TPSA) is 123 Å². The summed E-state index contributed by atoms with van der Waals surface area (Å²) in [5, 5.41) is 2.64. The largest absolute Gasteiger partial charge is 0.438 e. The van der Waals surface area contributed by atoms with Crippen molar-refractivity contribution in [3.63, 3.8) is 0 Å². The number of anilines is 1. The summed E-state index contributed by atoms with van der Waals surface area (Å²) in [6, 6.07) is 4.48. The Kier molecular flexibility index (Phi) is 4.13. The first-order valence-electron chi connectivity index (χ1n) is 7.80. The molecule has 0 saturated carbocycles. The number of hydrogen-bond donors (Lipinski definition) is 1. The Morgan fingerprint density at radius 3 is 2.62 bits per heavy atom. The lowest BCUT2D eigenvalue weighted by Crippen LogP contribution is -2.48.